The summed E-state index contributed by atoms with van der Waals surface area (Å²) in [5.74, 6) is 0.243. The Balaban J connectivity index is 0.00000363. The van der Waals surface area contributed by atoms with Crippen LogP contribution >= 0.6 is 24.0 Å². The Morgan fingerprint density at radius 1 is 1.16 bits per heavy atom. The Bertz CT molecular complexity index is 763. The van der Waals surface area contributed by atoms with Crippen molar-refractivity contribution >= 4 is 41.5 Å². The highest BCUT2D eigenvalue weighted by Gasteiger charge is 2.21. The molecule has 1 aromatic rings. The van der Waals surface area contributed by atoms with E-state index in [2.05, 4.69) is 37.2 Å². The molecule has 2 aliphatic rings. The summed E-state index contributed by atoms with van der Waals surface area (Å²) in [5, 5.41) is 6.71. The monoisotopic (exact) mass is 561 g/mol. The van der Waals surface area contributed by atoms with Crippen LogP contribution in [0.15, 0.2) is 23.2 Å². The first-order valence-corrected chi connectivity index (χ1v) is 11.2. The van der Waals surface area contributed by atoms with Crippen LogP contribution in [0, 0.1) is 5.82 Å². The minimum Gasteiger partial charge on any atom is -0.369 e. The van der Waals surface area contributed by atoms with Gasteiger partial charge in [-0.15, -0.1) is 24.0 Å². The minimum atomic E-state index is -0.287. The zero-order valence-electron chi connectivity index (χ0n) is 19.1. The first kappa shape index (κ1) is 26.6. The van der Waals surface area contributed by atoms with Crippen LogP contribution in [0.4, 0.5) is 10.1 Å². The lowest BCUT2D eigenvalue weighted by Gasteiger charge is -2.35. The van der Waals surface area contributed by atoms with Crippen LogP contribution in [0.3, 0.4) is 0 Å². The molecule has 2 fully saturated rings. The topological polar surface area (TPSA) is 89.2 Å². The number of nitrogens with two attached hydrogens (primary N) is 1. The van der Waals surface area contributed by atoms with E-state index in [1.165, 1.54) is 0 Å². The molecule has 10 heteroatoms. The van der Waals surface area contributed by atoms with Gasteiger partial charge in [-0.25, -0.2) is 4.39 Å². The second-order valence-corrected chi connectivity index (χ2v) is 8.29. The van der Waals surface area contributed by atoms with Crippen molar-refractivity contribution in [1.29, 1.82) is 0 Å². The van der Waals surface area contributed by atoms with Gasteiger partial charge in [0.2, 0.25) is 5.91 Å². The third-order valence-corrected chi connectivity index (χ3v) is 6.16. The van der Waals surface area contributed by atoms with Crippen LogP contribution in [-0.4, -0.2) is 87.1 Å². The van der Waals surface area contributed by atoms with Gasteiger partial charge in [0.1, 0.15) is 5.82 Å². The number of guanidine groups is 1. The van der Waals surface area contributed by atoms with E-state index >= 15 is 0 Å². The number of primary amides is 1. The predicted molar refractivity (Wildman–Crippen MR) is 138 cm³/mol. The van der Waals surface area contributed by atoms with Gasteiger partial charge in [-0.2, -0.15) is 0 Å². The number of piperazine rings is 1. The molecule has 3 rings (SSSR count). The number of nitrogens with zero attached hydrogens (tertiary/aromatic N) is 4. The van der Waals surface area contributed by atoms with Crippen molar-refractivity contribution in [3.8, 4) is 0 Å². The van der Waals surface area contributed by atoms with E-state index in [9.17, 15) is 9.18 Å². The van der Waals surface area contributed by atoms with Gasteiger partial charge in [-0.3, -0.25) is 14.7 Å². The van der Waals surface area contributed by atoms with Gasteiger partial charge in [0.15, 0.2) is 5.96 Å². The summed E-state index contributed by atoms with van der Waals surface area (Å²) in [7, 11) is 1.73. The molecule has 0 unspecified atom stereocenters. The van der Waals surface area contributed by atoms with E-state index < -0.39 is 0 Å². The maximum absolute atomic E-state index is 14.8. The number of benzene rings is 1. The molecule has 8 nitrogen and oxygen atoms in total. The lowest BCUT2D eigenvalue weighted by atomic mass is 10.1. The molecular weight excluding hydrogens is 524 g/mol. The first-order chi connectivity index (χ1) is 15.0. The lowest BCUT2D eigenvalue weighted by molar-refractivity contribution is -0.119. The van der Waals surface area contributed by atoms with E-state index in [1.54, 1.807) is 13.1 Å². The van der Waals surface area contributed by atoms with E-state index in [4.69, 9.17) is 5.73 Å². The van der Waals surface area contributed by atoms with Crippen LogP contribution < -0.4 is 21.3 Å². The van der Waals surface area contributed by atoms with Crippen LogP contribution in [0.1, 0.15) is 25.3 Å². The summed E-state index contributed by atoms with van der Waals surface area (Å²) >= 11 is 0. The molecule has 1 aromatic carbocycles. The Morgan fingerprint density at radius 2 is 1.84 bits per heavy atom. The highest BCUT2D eigenvalue weighted by molar-refractivity contribution is 14.0. The maximum Gasteiger partial charge on any atom is 0.231 e. The third-order valence-electron chi connectivity index (χ3n) is 6.16. The highest BCUT2D eigenvalue weighted by Crippen LogP contribution is 2.22. The second-order valence-electron chi connectivity index (χ2n) is 8.29. The number of halogens is 2. The Kier molecular flexibility index (Phi) is 10.9. The molecule has 0 aliphatic carbocycles. The number of likely N-dealkylation sites (tertiary alicyclic amines) is 1. The molecule has 180 valence electrons. The van der Waals surface area contributed by atoms with Crippen molar-refractivity contribution in [3.05, 3.63) is 29.6 Å². The van der Waals surface area contributed by atoms with Crippen LogP contribution in [-0.2, 0) is 11.3 Å². The number of nitrogens with one attached hydrogen (secondary N) is 2. The van der Waals surface area contributed by atoms with Crippen molar-refractivity contribution in [2.24, 2.45) is 10.7 Å². The molecule has 0 radical (unpaired) electrons. The molecule has 0 saturated carbocycles. The van der Waals surface area contributed by atoms with Gasteiger partial charge in [-0.05, 0) is 37.1 Å². The summed E-state index contributed by atoms with van der Waals surface area (Å²) in [6.45, 7) is 9.35. The van der Waals surface area contributed by atoms with Gasteiger partial charge in [-0.1, -0.05) is 13.0 Å². The Morgan fingerprint density at radius 3 is 2.41 bits per heavy atom. The van der Waals surface area contributed by atoms with E-state index in [-0.39, 0.29) is 41.7 Å². The van der Waals surface area contributed by atoms with Crippen LogP contribution in [0.25, 0.3) is 0 Å². The number of hydrogen-bond donors (Lipinski definition) is 3. The SMILES string of the molecule is CCN1CCN(c2ccc(CNC(=NC)NC3CCN(CC(N)=O)CC3)cc2F)CC1.I. The molecule has 0 spiro atoms. The molecule has 4 N–H and O–H groups in total. The minimum absolute atomic E-state index is 0. The van der Waals surface area contributed by atoms with E-state index in [0.717, 1.165) is 64.2 Å². The molecule has 0 atom stereocenters. The smallest absolute Gasteiger partial charge is 0.231 e. The van der Waals surface area contributed by atoms with E-state index in [0.29, 0.717) is 24.7 Å². The number of anilines is 1. The molecular formula is C22H37FIN7O. The van der Waals surface area contributed by atoms with Gasteiger partial charge >= 0.3 is 0 Å². The van der Waals surface area contributed by atoms with Crippen molar-refractivity contribution < 1.29 is 9.18 Å². The number of piperidine rings is 1. The molecule has 2 heterocycles. The fourth-order valence-corrected chi connectivity index (χ4v) is 4.25. The number of hydrogen-bond acceptors (Lipinski definition) is 5. The van der Waals surface area contributed by atoms with Gasteiger partial charge in [0.25, 0.3) is 0 Å². The fraction of sp³-hybridized carbons (Fsp3) is 0.636. The average molecular weight is 561 g/mol. The predicted octanol–water partition coefficient (Wildman–Crippen LogP) is 1.20. The molecule has 1 amide bonds. The van der Waals surface area contributed by atoms with Crippen molar-refractivity contribution in [3.63, 3.8) is 0 Å². The number of carbonyl (C=O) groups is 1. The maximum atomic E-state index is 14.8. The molecule has 0 aromatic heterocycles. The van der Waals surface area contributed by atoms with Gasteiger partial charge in [0, 0.05) is 58.9 Å². The Hall–Kier alpha value is -1.66. The summed E-state index contributed by atoms with van der Waals surface area (Å²) in [5.41, 5.74) is 6.84. The van der Waals surface area contributed by atoms with Crippen molar-refractivity contribution in [2.45, 2.75) is 32.4 Å². The van der Waals surface area contributed by atoms with Gasteiger partial charge in [0.05, 0.1) is 12.2 Å². The standard InChI is InChI=1S/C22H36FN7O.HI/c1-3-28-10-12-30(13-11-28)20-5-4-17(14-19(20)23)15-26-22(25-2)27-18-6-8-29(9-7-18)16-21(24)31;/h4-5,14,18H,3,6-13,15-16H2,1-2H3,(H2,24,31)(H2,25,26,27);1H. The summed E-state index contributed by atoms with van der Waals surface area (Å²) in [4.78, 5) is 21.9. The van der Waals surface area contributed by atoms with Crippen molar-refractivity contribution in [1.82, 2.24) is 20.4 Å². The van der Waals surface area contributed by atoms with E-state index in [1.807, 2.05) is 12.1 Å². The normalized spacial score (nSPS) is 18.8. The largest absolute Gasteiger partial charge is 0.369 e. The zero-order valence-corrected chi connectivity index (χ0v) is 21.5. The second kappa shape index (κ2) is 13.1. The zero-order chi connectivity index (χ0) is 22.2. The molecule has 2 saturated heterocycles. The van der Waals surface area contributed by atoms with Crippen LogP contribution in [0.5, 0.6) is 0 Å². The number of amides is 1. The Labute approximate surface area is 207 Å². The average Bonchev–Trinajstić information content (AvgIpc) is 2.77. The molecule has 2 aliphatic heterocycles. The summed E-state index contributed by atoms with van der Waals surface area (Å²) in [6, 6.07) is 5.77. The fourth-order valence-electron chi connectivity index (χ4n) is 4.25. The third kappa shape index (κ3) is 7.73. The number of rotatable bonds is 7. The quantitative estimate of drug-likeness (QED) is 0.264. The first-order valence-electron chi connectivity index (χ1n) is 11.2. The van der Waals surface area contributed by atoms with Gasteiger partial charge < -0.3 is 26.2 Å². The van der Waals surface area contributed by atoms with Crippen LogP contribution in [0.2, 0.25) is 0 Å². The number of aliphatic imine (C=N–C) groups is 1. The van der Waals surface area contributed by atoms with Crippen molar-refractivity contribution in [2.75, 3.05) is 64.3 Å². The number of carbonyl (C=O) groups excluding carboxylic acids is 1. The lowest BCUT2D eigenvalue weighted by Crippen LogP contribution is -2.49. The molecule has 32 heavy (non-hydrogen) atoms. The summed E-state index contributed by atoms with van der Waals surface area (Å²) < 4.78 is 14.8. The summed E-state index contributed by atoms with van der Waals surface area (Å²) in [6.07, 6.45) is 1.84. The molecule has 0 bridgehead atoms. The highest BCUT2D eigenvalue weighted by atomic mass is 127. The number of likely N-dealkylation sites (N-methyl/N-ethyl adjacent to an activating group) is 1.